The van der Waals surface area contributed by atoms with Crippen LogP contribution in [0.25, 0.3) is 0 Å². The third-order valence-corrected chi connectivity index (χ3v) is 0. The van der Waals surface area contributed by atoms with E-state index in [-0.39, 0.29) is 52.1 Å². The summed E-state index contributed by atoms with van der Waals surface area (Å²) in [6.07, 6.45) is 0. The topological polar surface area (TPSA) is 63.4 Å². The van der Waals surface area contributed by atoms with Gasteiger partial charge in [0.05, 0.1) is 0 Å². The van der Waals surface area contributed by atoms with E-state index in [9.17, 15) is 0 Å². The molecule has 0 aliphatic carbocycles. The van der Waals surface area contributed by atoms with E-state index >= 15 is 0 Å². The third-order valence-electron chi connectivity index (χ3n) is 0. The Bertz CT molecular complexity index is 33.8. The molecule has 0 bridgehead atoms. The minimum atomic E-state index is -1.50. The number of hydrogen-bond donors (Lipinski definition) is 1. The maximum atomic E-state index is 8.36. The Morgan fingerprint density at radius 1 is 1.67 bits per heavy atom. The van der Waals surface area contributed by atoms with Gasteiger partial charge in [-0.05, 0) is 0 Å². The molecule has 0 aliphatic rings. The van der Waals surface area contributed by atoms with Crippen molar-refractivity contribution in [2.75, 3.05) is 0 Å². The summed E-state index contributed by atoms with van der Waals surface area (Å²) in [5, 5.41) is 13.6. The van der Waals surface area contributed by atoms with Crippen LogP contribution in [0, 0.1) is 45.7 Å². The Labute approximate surface area is 71.9 Å². The molecular weight excluding hydrogens is 260 g/mol. The van der Waals surface area contributed by atoms with Gasteiger partial charge in [0.25, 0.3) is 5.09 Å². The summed E-state index contributed by atoms with van der Waals surface area (Å²) in [5.41, 5.74) is 0. The van der Waals surface area contributed by atoms with Crippen LogP contribution in [0.4, 0.5) is 0 Å². The minimum absolute atomic E-state index is 0. The molecule has 1 radical (unpaired) electrons. The molecule has 0 aromatic heterocycles. The Balaban J connectivity index is -0.0000000450. The Morgan fingerprint density at radius 3 is 1.67 bits per heavy atom. The van der Waals surface area contributed by atoms with Gasteiger partial charge in [0.15, 0.2) is 0 Å². The van der Waals surface area contributed by atoms with Crippen molar-refractivity contribution >= 4 is 0 Å². The van der Waals surface area contributed by atoms with Gasteiger partial charge < -0.3 is 5.21 Å². The van der Waals surface area contributed by atoms with E-state index in [1.54, 1.807) is 0 Å². The van der Waals surface area contributed by atoms with E-state index in [4.69, 9.17) is 15.3 Å². The second kappa shape index (κ2) is 9.31. The molecule has 37 valence electrons. The Hall–Kier alpha value is 0.888. The summed E-state index contributed by atoms with van der Waals surface area (Å²) >= 11 is 0. The van der Waals surface area contributed by atoms with Crippen LogP contribution in [0.15, 0.2) is 0 Å². The Morgan fingerprint density at radius 2 is 1.67 bits per heavy atom. The van der Waals surface area contributed by atoms with Gasteiger partial charge >= 0.3 is 0 Å². The molecule has 0 saturated heterocycles. The summed E-state index contributed by atoms with van der Waals surface area (Å²) < 4.78 is 0. The first-order valence-electron chi connectivity index (χ1n) is 0.565. The van der Waals surface area contributed by atoms with Crippen molar-refractivity contribution in [1.82, 2.24) is 0 Å². The largest absolute Gasteiger partial charge is 0.328 e. The average Bonchev–Trinajstić information content (AvgIpc) is 0.811. The fraction of sp³-hybridized carbons (Fsp3) is 0. The molecule has 0 atom stereocenters. The fourth-order valence-corrected chi connectivity index (χ4v) is 0. The zero-order chi connectivity index (χ0) is 3.58. The zero-order valence-electron chi connectivity index (χ0n) is 2.60. The monoisotopic (exact) mass is 260 g/mol. The van der Waals surface area contributed by atoms with E-state index in [0.717, 1.165) is 0 Å². The molecule has 0 rings (SSSR count). The van der Waals surface area contributed by atoms with E-state index in [1.165, 1.54) is 0 Å². The Kier molecular flexibility index (Phi) is 24.5. The van der Waals surface area contributed by atoms with Gasteiger partial charge in [-0.1, -0.05) is 0 Å². The normalized spacial score (nSPS) is 4.00. The van der Waals surface area contributed by atoms with Gasteiger partial charge in [-0.25, -0.2) is 0 Å². The summed E-state index contributed by atoms with van der Waals surface area (Å²) in [6.45, 7) is 0. The molecule has 6 heteroatoms. The molecule has 0 aromatic carbocycles. The summed E-state index contributed by atoms with van der Waals surface area (Å²) in [4.78, 5) is 8.36. The van der Waals surface area contributed by atoms with E-state index in [0.29, 0.717) is 0 Å². The molecule has 0 fully saturated rings. The van der Waals surface area contributed by atoms with Gasteiger partial charge in [-0.3, -0.25) is 0 Å². The fourth-order valence-electron chi connectivity index (χ4n) is 0. The first kappa shape index (κ1) is 15.8. The molecule has 1 N–H and O–H groups in total. The van der Waals surface area contributed by atoms with Crippen LogP contribution in [0.1, 0.15) is 0 Å². The number of nitrogens with zero attached hydrogens (tertiary/aromatic N) is 1. The molecular formula is HLaNNiO3. The van der Waals surface area contributed by atoms with Gasteiger partial charge in [0.1, 0.15) is 0 Å². The van der Waals surface area contributed by atoms with Crippen LogP contribution < -0.4 is 0 Å². The van der Waals surface area contributed by atoms with E-state index < -0.39 is 5.09 Å². The van der Waals surface area contributed by atoms with Gasteiger partial charge in [-0.15, -0.1) is 10.1 Å². The molecule has 0 aromatic rings. The zero-order valence-corrected chi connectivity index (χ0v) is 7.22. The van der Waals surface area contributed by atoms with Gasteiger partial charge in [0, 0.05) is 52.1 Å². The molecule has 0 amide bonds. The van der Waals surface area contributed by atoms with Crippen molar-refractivity contribution in [3.63, 3.8) is 0 Å². The minimum Gasteiger partial charge on any atom is -0.328 e. The van der Waals surface area contributed by atoms with Crippen molar-refractivity contribution in [3.05, 3.63) is 10.1 Å². The summed E-state index contributed by atoms with van der Waals surface area (Å²) in [5.74, 6) is 0. The van der Waals surface area contributed by atoms with Crippen molar-refractivity contribution < 1.29 is 62.4 Å². The molecule has 4 nitrogen and oxygen atoms in total. The van der Waals surface area contributed by atoms with Gasteiger partial charge in [0.2, 0.25) is 0 Å². The summed E-state index contributed by atoms with van der Waals surface area (Å²) in [6, 6.07) is 0. The SMILES string of the molecule is O=[N+]([O-])O.[La].[Ni]. The average molecular weight is 261 g/mol. The molecule has 0 saturated carbocycles. The van der Waals surface area contributed by atoms with Crippen LogP contribution in [0.2, 0.25) is 0 Å². The molecule has 0 heterocycles. The maximum absolute atomic E-state index is 8.36. The van der Waals surface area contributed by atoms with Crippen LogP contribution in [0.3, 0.4) is 0 Å². The quantitative estimate of drug-likeness (QED) is 0.368. The van der Waals surface area contributed by atoms with E-state index in [2.05, 4.69) is 0 Å². The maximum Gasteiger partial charge on any atom is 0.291 e. The van der Waals surface area contributed by atoms with Gasteiger partial charge in [-0.2, -0.15) is 0 Å². The van der Waals surface area contributed by atoms with Crippen molar-refractivity contribution in [3.8, 4) is 0 Å². The molecule has 0 spiro atoms. The molecule has 0 unspecified atom stereocenters. The van der Waals surface area contributed by atoms with Crippen LogP contribution in [0.5, 0.6) is 0 Å². The van der Waals surface area contributed by atoms with Crippen LogP contribution in [-0.2, 0) is 16.5 Å². The number of hydrogen-bond acceptors (Lipinski definition) is 2. The molecule has 6 heavy (non-hydrogen) atoms. The van der Waals surface area contributed by atoms with Crippen molar-refractivity contribution in [2.45, 2.75) is 0 Å². The predicted molar refractivity (Wildman–Crippen MR) is 8.78 cm³/mol. The second-order valence-electron chi connectivity index (χ2n) is 0.238. The smallest absolute Gasteiger partial charge is 0.291 e. The van der Waals surface area contributed by atoms with Crippen LogP contribution in [-0.4, -0.2) is 10.3 Å². The van der Waals surface area contributed by atoms with Crippen molar-refractivity contribution in [2.24, 2.45) is 0 Å². The second-order valence-corrected chi connectivity index (χ2v) is 0.238. The standard InChI is InChI=1S/La.HNO3.Ni/c;2-1(3)4;/h;(H,2,3,4);. The predicted octanol–water partition coefficient (Wildman–Crippen LogP) is -0.350. The third kappa shape index (κ3) is 93.7. The van der Waals surface area contributed by atoms with Crippen LogP contribution >= 0.6 is 0 Å². The van der Waals surface area contributed by atoms with E-state index in [1.807, 2.05) is 0 Å². The van der Waals surface area contributed by atoms with Crippen molar-refractivity contribution in [1.29, 1.82) is 0 Å². The first-order valence-corrected chi connectivity index (χ1v) is 0.565. The first-order chi connectivity index (χ1) is 1.73. The number of rotatable bonds is 0. The molecule has 0 aliphatic heterocycles. The summed E-state index contributed by atoms with van der Waals surface area (Å²) in [7, 11) is 0.